The van der Waals surface area contributed by atoms with E-state index in [1.54, 1.807) is 18.6 Å². The van der Waals surface area contributed by atoms with Crippen molar-refractivity contribution >= 4 is 21.2 Å². The number of fused-ring (bicyclic) bond motifs is 1. The molecule has 7 nitrogen and oxygen atoms in total. The molecule has 0 radical (unpaired) electrons. The van der Waals surface area contributed by atoms with Gasteiger partial charge in [0.1, 0.15) is 11.9 Å². The Morgan fingerprint density at radius 1 is 1.13 bits per heavy atom. The van der Waals surface area contributed by atoms with Crippen LogP contribution in [0.3, 0.4) is 0 Å². The van der Waals surface area contributed by atoms with Gasteiger partial charge in [0.05, 0.1) is 30.0 Å². The van der Waals surface area contributed by atoms with Crippen LogP contribution in [-0.2, 0) is 20.8 Å². The minimum atomic E-state index is -3.49. The number of hydrogen-bond donors (Lipinski definition) is 0. The molecule has 1 aromatic carbocycles. The minimum absolute atomic E-state index is 0.129. The second kappa shape index (κ2) is 6.35. The van der Waals surface area contributed by atoms with Crippen molar-refractivity contribution in [3.8, 4) is 11.3 Å². The molecule has 0 aliphatic heterocycles. The average Bonchev–Trinajstić information content (AvgIpc) is 2.60. The number of aryl methyl sites for hydroxylation is 1. The van der Waals surface area contributed by atoms with Gasteiger partial charge >= 0.3 is 0 Å². The molecular formula is C15H15N4O3S+. The first kappa shape index (κ1) is 15.4. The standard InChI is InChI=1S/C15H15N4O3S/c1-22-23(20,21)9-8-19-7-6-12(10-17-19)15-11-16-13-4-2-3-5-14(13)18-15/h2-7,10-11H,8-9H2,1H3/q+1. The number of aromatic nitrogens is 4. The highest BCUT2D eigenvalue weighted by molar-refractivity contribution is 7.86. The molecule has 23 heavy (non-hydrogen) atoms. The maximum absolute atomic E-state index is 11.3. The summed E-state index contributed by atoms with van der Waals surface area (Å²) in [6.45, 7) is 0.222. The third-order valence-corrected chi connectivity index (χ3v) is 4.53. The van der Waals surface area contributed by atoms with E-state index in [0.717, 1.165) is 23.7 Å². The van der Waals surface area contributed by atoms with Crippen LogP contribution in [0.25, 0.3) is 22.3 Å². The maximum atomic E-state index is 11.3. The van der Waals surface area contributed by atoms with Crippen LogP contribution in [0, 0.1) is 0 Å². The summed E-state index contributed by atoms with van der Waals surface area (Å²) >= 11 is 0. The Labute approximate surface area is 133 Å². The quantitative estimate of drug-likeness (QED) is 0.511. The Bertz CT molecular complexity index is 927. The molecule has 0 saturated carbocycles. The van der Waals surface area contributed by atoms with Crippen LogP contribution in [0.1, 0.15) is 0 Å². The van der Waals surface area contributed by atoms with Gasteiger partial charge in [0, 0.05) is 11.6 Å². The first-order valence-corrected chi connectivity index (χ1v) is 8.51. The number of rotatable bonds is 5. The lowest BCUT2D eigenvalue weighted by molar-refractivity contribution is -0.750. The summed E-state index contributed by atoms with van der Waals surface area (Å²) < 4.78 is 28.6. The van der Waals surface area contributed by atoms with Crippen molar-refractivity contribution < 1.29 is 17.3 Å². The van der Waals surface area contributed by atoms with E-state index in [0.29, 0.717) is 5.69 Å². The second-order valence-electron chi connectivity index (χ2n) is 4.85. The summed E-state index contributed by atoms with van der Waals surface area (Å²) in [7, 11) is -2.34. The van der Waals surface area contributed by atoms with Crippen molar-refractivity contribution in [1.29, 1.82) is 0 Å². The Kier molecular flexibility index (Phi) is 4.26. The number of hydrogen-bond acceptors (Lipinski definition) is 6. The summed E-state index contributed by atoms with van der Waals surface area (Å²) in [5.74, 6) is -0.129. The zero-order valence-corrected chi connectivity index (χ0v) is 13.3. The van der Waals surface area contributed by atoms with Gasteiger partial charge in [-0.1, -0.05) is 16.8 Å². The van der Waals surface area contributed by atoms with Gasteiger partial charge in [0.15, 0.2) is 12.7 Å². The second-order valence-corrected chi connectivity index (χ2v) is 6.71. The fourth-order valence-corrected chi connectivity index (χ4v) is 2.63. The van der Waals surface area contributed by atoms with Crippen molar-refractivity contribution in [3.05, 3.63) is 48.9 Å². The lowest BCUT2D eigenvalue weighted by atomic mass is 10.2. The van der Waals surface area contributed by atoms with Crippen LogP contribution < -0.4 is 4.68 Å². The fraction of sp³-hybridized carbons (Fsp3) is 0.200. The van der Waals surface area contributed by atoms with Crippen LogP contribution in [0.4, 0.5) is 0 Å². The first-order chi connectivity index (χ1) is 11.1. The molecule has 0 spiro atoms. The van der Waals surface area contributed by atoms with Gasteiger partial charge in [-0.2, -0.15) is 8.42 Å². The molecule has 0 unspecified atom stereocenters. The van der Waals surface area contributed by atoms with E-state index >= 15 is 0 Å². The topological polar surface area (TPSA) is 85.9 Å². The Hall–Kier alpha value is -2.45. The van der Waals surface area contributed by atoms with Gasteiger partial charge in [-0.05, 0) is 17.2 Å². The molecule has 2 heterocycles. The molecule has 3 aromatic rings. The molecule has 0 fully saturated rings. The van der Waals surface area contributed by atoms with Gasteiger partial charge in [0.25, 0.3) is 10.1 Å². The molecule has 0 atom stereocenters. The summed E-state index contributed by atoms with van der Waals surface area (Å²) in [4.78, 5) is 8.91. The maximum Gasteiger partial charge on any atom is 0.273 e. The SMILES string of the molecule is COS(=O)(=O)CC[n+]1ccc(-c2cnc3ccccc3n2)cn1. The molecule has 0 saturated heterocycles. The zero-order valence-electron chi connectivity index (χ0n) is 12.5. The normalized spacial score (nSPS) is 11.7. The van der Waals surface area contributed by atoms with Crippen molar-refractivity contribution in [1.82, 2.24) is 15.1 Å². The van der Waals surface area contributed by atoms with Crippen molar-refractivity contribution in [2.45, 2.75) is 6.54 Å². The molecule has 0 aliphatic rings. The lowest BCUT2D eigenvalue weighted by Crippen LogP contribution is -2.40. The number of benzene rings is 1. The van der Waals surface area contributed by atoms with E-state index in [-0.39, 0.29) is 12.3 Å². The highest BCUT2D eigenvalue weighted by Gasteiger charge is 2.14. The first-order valence-electron chi connectivity index (χ1n) is 6.94. The molecule has 0 bridgehead atoms. The molecule has 0 amide bonds. The van der Waals surface area contributed by atoms with E-state index < -0.39 is 10.1 Å². The highest BCUT2D eigenvalue weighted by atomic mass is 32.2. The van der Waals surface area contributed by atoms with E-state index in [1.165, 1.54) is 4.68 Å². The number of nitrogens with zero attached hydrogens (tertiary/aromatic N) is 4. The number of para-hydroxylation sites is 2. The van der Waals surface area contributed by atoms with Crippen molar-refractivity contribution in [2.24, 2.45) is 0 Å². The third-order valence-electron chi connectivity index (χ3n) is 3.34. The Morgan fingerprint density at radius 3 is 2.61 bits per heavy atom. The molecule has 0 aliphatic carbocycles. The minimum Gasteiger partial charge on any atom is -0.273 e. The van der Waals surface area contributed by atoms with Crippen LogP contribution >= 0.6 is 0 Å². The van der Waals surface area contributed by atoms with E-state index in [2.05, 4.69) is 19.2 Å². The van der Waals surface area contributed by atoms with Crippen molar-refractivity contribution in [2.75, 3.05) is 12.9 Å². The summed E-state index contributed by atoms with van der Waals surface area (Å²) in [5.41, 5.74) is 3.18. The smallest absolute Gasteiger partial charge is 0.273 e. The molecule has 0 N–H and O–H groups in total. The predicted molar refractivity (Wildman–Crippen MR) is 83.8 cm³/mol. The van der Waals surface area contributed by atoms with Crippen LogP contribution in [0.15, 0.2) is 48.9 Å². The molecular weight excluding hydrogens is 316 g/mol. The molecule has 2 aromatic heterocycles. The Balaban J connectivity index is 1.80. The third kappa shape index (κ3) is 3.66. The van der Waals surface area contributed by atoms with Gasteiger partial charge in [-0.3, -0.25) is 9.17 Å². The van der Waals surface area contributed by atoms with Gasteiger partial charge in [-0.25, -0.2) is 4.98 Å². The Morgan fingerprint density at radius 2 is 1.91 bits per heavy atom. The van der Waals surface area contributed by atoms with E-state index in [9.17, 15) is 8.42 Å². The predicted octanol–water partition coefficient (Wildman–Crippen LogP) is 0.955. The largest absolute Gasteiger partial charge is 0.273 e. The summed E-state index contributed by atoms with van der Waals surface area (Å²) in [6.07, 6.45) is 5.04. The lowest BCUT2D eigenvalue weighted by Gasteiger charge is -2.01. The van der Waals surface area contributed by atoms with Gasteiger partial charge < -0.3 is 0 Å². The van der Waals surface area contributed by atoms with E-state index in [1.807, 2.05) is 30.3 Å². The highest BCUT2D eigenvalue weighted by Crippen LogP contribution is 2.16. The van der Waals surface area contributed by atoms with Crippen LogP contribution in [-0.4, -0.2) is 36.3 Å². The van der Waals surface area contributed by atoms with Gasteiger partial charge in [-0.15, -0.1) is 0 Å². The summed E-state index contributed by atoms with van der Waals surface area (Å²) in [5, 5.41) is 4.20. The van der Waals surface area contributed by atoms with E-state index in [4.69, 9.17) is 0 Å². The van der Waals surface area contributed by atoms with Crippen LogP contribution in [0.5, 0.6) is 0 Å². The van der Waals surface area contributed by atoms with Crippen LogP contribution in [0.2, 0.25) is 0 Å². The monoisotopic (exact) mass is 331 g/mol. The summed E-state index contributed by atoms with van der Waals surface area (Å²) in [6, 6.07) is 9.45. The molecule has 8 heteroatoms. The van der Waals surface area contributed by atoms with Gasteiger partial charge in [0.2, 0.25) is 0 Å². The average molecular weight is 331 g/mol. The molecule has 118 valence electrons. The zero-order chi connectivity index (χ0) is 16.3. The fourth-order valence-electron chi connectivity index (χ4n) is 2.05. The molecule has 3 rings (SSSR count). The van der Waals surface area contributed by atoms with Crippen molar-refractivity contribution in [3.63, 3.8) is 0 Å².